The van der Waals surface area contributed by atoms with Gasteiger partial charge in [-0.1, -0.05) is 37.4 Å². The molecule has 5 heteroatoms. The Morgan fingerprint density at radius 3 is 2.47 bits per heavy atom. The minimum atomic E-state index is -0.229. The maximum absolute atomic E-state index is 12.9. The standard InChI is InChI=1S/C14H18FN3S/c1-14(2,3)13-12(19-18-17-13)11(16)8-9-4-6-10(15)7-5-9/h4-7,11H,8,16H2,1-3H3. The lowest BCUT2D eigenvalue weighted by Gasteiger charge is -2.19. The van der Waals surface area contributed by atoms with Gasteiger partial charge in [-0.25, -0.2) is 4.39 Å². The molecule has 0 radical (unpaired) electrons. The van der Waals surface area contributed by atoms with Crippen molar-refractivity contribution in [1.29, 1.82) is 0 Å². The Morgan fingerprint density at radius 2 is 1.89 bits per heavy atom. The summed E-state index contributed by atoms with van der Waals surface area (Å²) in [6.45, 7) is 6.29. The number of benzene rings is 1. The summed E-state index contributed by atoms with van der Waals surface area (Å²) < 4.78 is 16.9. The van der Waals surface area contributed by atoms with Crippen LogP contribution in [0.25, 0.3) is 0 Å². The lowest BCUT2D eigenvalue weighted by molar-refractivity contribution is 0.550. The van der Waals surface area contributed by atoms with Crippen LogP contribution in [-0.4, -0.2) is 9.59 Å². The number of rotatable bonds is 3. The van der Waals surface area contributed by atoms with Crippen molar-refractivity contribution in [3.63, 3.8) is 0 Å². The third kappa shape index (κ3) is 3.36. The predicted octanol–water partition coefficient (Wildman–Crippen LogP) is 3.22. The normalized spacial score (nSPS) is 13.5. The van der Waals surface area contributed by atoms with Gasteiger partial charge in [0.15, 0.2) is 0 Å². The molecule has 2 aromatic rings. The molecule has 1 aromatic heterocycles. The van der Waals surface area contributed by atoms with Crippen molar-refractivity contribution in [2.75, 3.05) is 0 Å². The van der Waals surface area contributed by atoms with Crippen LogP contribution in [0.3, 0.4) is 0 Å². The maximum atomic E-state index is 12.9. The number of hydrogen-bond acceptors (Lipinski definition) is 4. The SMILES string of the molecule is CC(C)(C)c1nnsc1C(N)Cc1ccc(F)cc1. The fourth-order valence-electron chi connectivity index (χ4n) is 1.93. The first-order chi connectivity index (χ1) is 8.88. The van der Waals surface area contributed by atoms with Crippen LogP contribution in [0.5, 0.6) is 0 Å². The van der Waals surface area contributed by atoms with Gasteiger partial charge in [0.2, 0.25) is 0 Å². The second-order valence-electron chi connectivity index (χ2n) is 5.67. The van der Waals surface area contributed by atoms with Crippen LogP contribution in [-0.2, 0) is 11.8 Å². The van der Waals surface area contributed by atoms with Gasteiger partial charge in [0, 0.05) is 11.5 Å². The fourth-order valence-corrected chi connectivity index (χ4v) is 2.79. The summed E-state index contributed by atoms with van der Waals surface area (Å²) >= 11 is 1.35. The van der Waals surface area contributed by atoms with Gasteiger partial charge in [-0.2, -0.15) is 0 Å². The Kier molecular flexibility index (Phi) is 3.96. The molecule has 0 saturated heterocycles. The van der Waals surface area contributed by atoms with Gasteiger partial charge in [-0.05, 0) is 35.6 Å². The summed E-state index contributed by atoms with van der Waals surface area (Å²) in [6, 6.07) is 6.29. The molecule has 2 rings (SSSR count). The largest absolute Gasteiger partial charge is 0.323 e. The van der Waals surface area contributed by atoms with Crippen LogP contribution in [0.1, 0.15) is 42.9 Å². The average Bonchev–Trinajstić information content (AvgIpc) is 2.81. The van der Waals surface area contributed by atoms with Crippen molar-refractivity contribution < 1.29 is 4.39 Å². The van der Waals surface area contributed by atoms with Crippen LogP contribution in [0, 0.1) is 5.82 Å². The van der Waals surface area contributed by atoms with Crippen molar-refractivity contribution in [2.45, 2.75) is 38.6 Å². The first kappa shape index (κ1) is 14.1. The lowest BCUT2D eigenvalue weighted by Crippen LogP contribution is -2.20. The number of hydrogen-bond donors (Lipinski definition) is 1. The molecule has 0 aliphatic heterocycles. The first-order valence-electron chi connectivity index (χ1n) is 6.20. The van der Waals surface area contributed by atoms with E-state index in [0.29, 0.717) is 6.42 Å². The fraction of sp³-hybridized carbons (Fsp3) is 0.429. The molecule has 1 aromatic carbocycles. The Labute approximate surface area is 116 Å². The van der Waals surface area contributed by atoms with Gasteiger partial charge in [0.25, 0.3) is 0 Å². The van der Waals surface area contributed by atoms with E-state index in [-0.39, 0.29) is 17.3 Å². The van der Waals surface area contributed by atoms with Crippen molar-refractivity contribution in [3.05, 3.63) is 46.2 Å². The molecule has 0 saturated carbocycles. The molecular formula is C14H18FN3S. The molecule has 0 bridgehead atoms. The van der Waals surface area contributed by atoms with Crippen LogP contribution >= 0.6 is 11.5 Å². The number of nitrogens with zero attached hydrogens (tertiary/aromatic N) is 2. The Hall–Kier alpha value is -1.33. The van der Waals surface area contributed by atoms with E-state index < -0.39 is 0 Å². The van der Waals surface area contributed by atoms with Crippen molar-refractivity contribution in [1.82, 2.24) is 9.59 Å². The van der Waals surface area contributed by atoms with E-state index >= 15 is 0 Å². The molecule has 3 nitrogen and oxygen atoms in total. The van der Waals surface area contributed by atoms with Crippen LogP contribution < -0.4 is 5.73 Å². The minimum Gasteiger partial charge on any atom is -0.323 e. The number of aromatic nitrogens is 2. The third-order valence-corrected chi connectivity index (χ3v) is 3.79. The highest BCUT2D eigenvalue weighted by Gasteiger charge is 2.25. The summed E-state index contributed by atoms with van der Waals surface area (Å²) in [5.74, 6) is -0.229. The van der Waals surface area contributed by atoms with E-state index in [2.05, 4.69) is 30.4 Å². The smallest absolute Gasteiger partial charge is 0.123 e. The van der Waals surface area contributed by atoms with Gasteiger partial charge < -0.3 is 5.73 Å². The lowest BCUT2D eigenvalue weighted by atomic mass is 9.89. The summed E-state index contributed by atoms with van der Waals surface area (Å²) in [5.41, 5.74) is 8.14. The van der Waals surface area contributed by atoms with E-state index in [9.17, 15) is 4.39 Å². The van der Waals surface area contributed by atoms with Crippen molar-refractivity contribution in [3.8, 4) is 0 Å². The second-order valence-corrected chi connectivity index (χ2v) is 6.46. The second kappa shape index (κ2) is 5.35. The molecule has 102 valence electrons. The summed E-state index contributed by atoms with van der Waals surface area (Å²) in [5, 5.41) is 4.19. The molecule has 0 aliphatic rings. The van der Waals surface area contributed by atoms with Crippen molar-refractivity contribution in [2.24, 2.45) is 5.73 Å². The first-order valence-corrected chi connectivity index (χ1v) is 6.98. The third-order valence-electron chi connectivity index (χ3n) is 2.93. The van der Waals surface area contributed by atoms with E-state index in [0.717, 1.165) is 16.1 Å². The molecule has 0 fully saturated rings. The monoisotopic (exact) mass is 279 g/mol. The van der Waals surface area contributed by atoms with Gasteiger partial charge in [-0.15, -0.1) is 5.10 Å². The molecule has 0 amide bonds. The van der Waals surface area contributed by atoms with Crippen LogP contribution in [0.4, 0.5) is 4.39 Å². The average molecular weight is 279 g/mol. The number of halogens is 1. The van der Waals surface area contributed by atoms with Gasteiger partial charge in [-0.3, -0.25) is 0 Å². The van der Waals surface area contributed by atoms with E-state index in [1.165, 1.54) is 23.7 Å². The molecule has 0 spiro atoms. The zero-order valence-corrected chi connectivity index (χ0v) is 12.2. The zero-order valence-electron chi connectivity index (χ0n) is 11.4. The van der Waals surface area contributed by atoms with E-state index in [4.69, 9.17) is 5.73 Å². The predicted molar refractivity (Wildman–Crippen MR) is 75.6 cm³/mol. The summed E-state index contributed by atoms with van der Waals surface area (Å²) in [7, 11) is 0. The van der Waals surface area contributed by atoms with Crippen LogP contribution in [0.15, 0.2) is 24.3 Å². The topological polar surface area (TPSA) is 51.8 Å². The maximum Gasteiger partial charge on any atom is 0.123 e. The van der Waals surface area contributed by atoms with Crippen molar-refractivity contribution >= 4 is 11.5 Å². The Morgan fingerprint density at radius 1 is 1.26 bits per heavy atom. The Bertz CT molecular complexity index is 543. The van der Waals surface area contributed by atoms with E-state index in [1.54, 1.807) is 12.1 Å². The Balaban J connectivity index is 2.19. The number of nitrogens with two attached hydrogens (primary N) is 1. The molecule has 1 atom stereocenters. The minimum absolute atomic E-state index is 0.0667. The summed E-state index contributed by atoms with van der Waals surface area (Å²) in [4.78, 5) is 1.01. The molecule has 19 heavy (non-hydrogen) atoms. The molecular weight excluding hydrogens is 261 g/mol. The highest BCUT2D eigenvalue weighted by atomic mass is 32.1. The van der Waals surface area contributed by atoms with Gasteiger partial charge in [0.05, 0.1) is 10.6 Å². The molecule has 0 aliphatic carbocycles. The quantitative estimate of drug-likeness (QED) is 0.938. The molecule has 1 heterocycles. The molecule has 2 N–H and O–H groups in total. The van der Waals surface area contributed by atoms with Crippen LogP contribution in [0.2, 0.25) is 0 Å². The molecule has 1 unspecified atom stereocenters. The summed E-state index contributed by atoms with van der Waals surface area (Å²) in [6.07, 6.45) is 0.660. The highest BCUT2D eigenvalue weighted by Crippen LogP contribution is 2.30. The van der Waals surface area contributed by atoms with E-state index in [1.807, 2.05) is 0 Å². The highest BCUT2D eigenvalue weighted by molar-refractivity contribution is 7.05. The van der Waals surface area contributed by atoms with Gasteiger partial charge >= 0.3 is 0 Å². The van der Waals surface area contributed by atoms with Gasteiger partial charge in [0.1, 0.15) is 5.82 Å². The zero-order chi connectivity index (χ0) is 14.0.